The van der Waals surface area contributed by atoms with Crippen molar-refractivity contribution in [2.24, 2.45) is 0 Å². The first-order valence-corrected chi connectivity index (χ1v) is 10.4. The van der Waals surface area contributed by atoms with Gasteiger partial charge in [-0.25, -0.2) is 18.2 Å². The number of pyridine rings is 1. The van der Waals surface area contributed by atoms with Crippen LogP contribution in [0.3, 0.4) is 0 Å². The quantitative estimate of drug-likeness (QED) is 0.731. The summed E-state index contributed by atoms with van der Waals surface area (Å²) in [5, 5.41) is 8.24. The van der Waals surface area contributed by atoms with Crippen LogP contribution in [-0.2, 0) is 20.8 Å². The predicted octanol–water partition coefficient (Wildman–Crippen LogP) is 3.91. The zero-order chi connectivity index (χ0) is 21.6. The van der Waals surface area contributed by atoms with E-state index >= 15 is 0 Å². The van der Waals surface area contributed by atoms with E-state index in [9.17, 15) is 31.5 Å². The summed E-state index contributed by atoms with van der Waals surface area (Å²) in [6, 6.07) is 4.04. The normalized spacial score (nSPS) is 20.1. The molecule has 2 aromatic rings. The Balaban J connectivity index is 2.04. The van der Waals surface area contributed by atoms with Crippen LogP contribution in [0.4, 0.5) is 19.0 Å². The van der Waals surface area contributed by atoms with Crippen LogP contribution < -0.4 is 4.90 Å². The maximum Gasteiger partial charge on any atom is 0.419 e. The van der Waals surface area contributed by atoms with Gasteiger partial charge in [0.25, 0.3) is 0 Å². The van der Waals surface area contributed by atoms with Crippen molar-refractivity contribution in [2.45, 2.75) is 28.8 Å². The molecule has 0 aliphatic carbocycles. The molecule has 1 aliphatic rings. The van der Waals surface area contributed by atoms with E-state index in [1.165, 1.54) is 18.2 Å². The van der Waals surface area contributed by atoms with E-state index in [1.807, 2.05) is 0 Å². The van der Waals surface area contributed by atoms with Gasteiger partial charge >= 0.3 is 12.1 Å². The summed E-state index contributed by atoms with van der Waals surface area (Å²) in [6.07, 6.45) is -4.13. The highest BCUT2D eigenvalue weighted by Crippen LogP contribution is 2.40. The van der Waals surface area contributed by atoms with E-state index in [-0.39, 0.29) is 14.9 Å². The number of carbonyl (C=O) groups is 1. The minimum Gasteiger partial charge on any atom is -0.480 e. The topological polar surface area (TPSA) is 87.6 Å². The number of carboxylic acids is 1. The van der Waals surface area contributed by atoms with Crippen molar-refractivity contribution in [3.8, 4) is 0 Å². The number of aliphatic carboxylic acids is 1. The standard InChI is InChI=1S/C17H13Cl2F3N2O4S/c18-9-3-4-14(12(19)6-9)29(27,28)10-7-13(16(25)26)24(8-10)15-11(17(20,21)22)2-1-5-23-15/h1-6,10,13H,7-8H2,(H,25,26)/t10-,13-/m1/s1. The number of sulfone groups is 1. The molecule has 1 fully saturated rings. The number of alkyl halides is 3. The number of benzene rings is 1. The highest BCUT2D eigenvalue weighted by molar-refractivity contribution is 7.92. The molecule has 12 heteroatoms. The molecule has 2 atom stereocenters. The molecule has 29 heavy (non-hydrogen) atoms. The van der Waals surface area contributed by atoms with Gasteiger partial charge in [0.05, 0.1) is 20.7 Å². The van der Waals surface area contributed by atoms with Crippen molar-refractivity contribution < 1.29 is 31.5 Å². The Hall–Kier alpha value is -2.04. The van der Waals surface area contributed by atoms with E-state index in [0.717, 1.165) is 23.2 Å². The van der Waals surface area contributed by atoms with Gasteiger partial charge in [-0.2, -0.15) is 13.2 Å². The van der Waals surface area contributed by atoms with Gasteiger partial charge in [-0.1, -0.05) is 23.2 Å². The SMILES string of the molecule is O=C(O)[C@H]1C[C@@H](S(=O)(=O)c2ccc(Cl)cc2Cl)CN1c1ncccc1C(F)(F)F. The number of hydrogen-bond donors (Lipinski definition) is 1. The summed E-state index contributed by atoms with van der Waals surface area (Å²) in [4.78, 5) is 16.0. The fraction of sp³-hybridized carbons (Fsp3) is 0.294. The Morgan fingerprint density at radius 2 is 1.93 bits per heavy atom. The Labute approximate surface area is 173 Å². The van der Waals surface area contributed by atoms with Crippen LogP contribution >= 0.6 is 23.2 Å². The number of hydrogen-bond acceptors (Lipinski definition) is 5. The van der Waals surface area contributed by atoms with E-state index in [1.54, 1.807) is 0 Å². The lowest BCUT2D eigenvalue weighted by Gasteiger charge is -2.25. The fourth-order valence-electron chi connectivity index (χ4n) is 3.22. The van der Waals surface area contributed by atoms with Gasteiger partial charge in [0.1, 0.15) is 11.9 Å². The van der Waals surface area contributed by atoms with Crippen molar-refractivity contribution in [2.75, 3.05) is 11.4 Å². The number of nitrogens with zero attached hydrogens (tertiary/aromatic N) is 2. The number of halogens is 5. The van der Waals surface area contributed by atoms with Crippen molar-refractivity contribution in [3.05, 3.63) is 52.1 Å². The molecule has 1 saturated heterocycles. The van der Waals surface area contributed by atoms with Gasteiger partial charge in [-0.3, -0.25) is 0 Å². The fourth-order valence-corrected chi connectivity index (χ4v) is 5.69. The second kappa shape index (κ2) is 7.66. The number of rotatable bonds is 4. The zero-order valence-electron chi connectivity index (χ0n) is 14.4. The largest absolute Gasteiger partial charge is 0.480 e. The predicted molar refractivity (Wildman–Crippen MR) is 100 cm³/mol. The summed E-state index contributed by atoms with van der Waals surface area (Å²) < 4.78 is 66.1. The molecule has 1 aliphatic heterocycles. The molecule has 1 N–H and O–H groups in total. The molecule has 0 spiro atoms. The molecule has 0 saturated carbocycles. The molecule has 0 bridgehead atoms. The average molecular weight is 469 g/mol. The molecule has 6 nitrogen and oxygen atoms in total. The van der Waals surface area contributed by atoms with Gasteiger partial charge < -0.3 is 10.0 Å². The third kappa shape index (κ3) is 4.15. The van der Waals surface area contributed by atoms with Crippen molar-refractivity contribution in [1.29, 1.82) is 0 Å². The van der Waals surface area contributed by atoms with Gasteiger partial charge in [0.2, 0.25) is 0 Å². The lowest BCUT2D eigenvalue weighted by Crippen LogP contribution is -2.38. The Bertz CT molecular complexity index is 1060. The van der Waals surface area contributed by atoms with Crippen LogP contribution in [-0.4, -0.2) is 42.3 Å². The lowest BCUT2D eigenvalue weighted by molar-refractivity contribution is -0.140. The molecule has 0 radical (unpaired) electrons. The van der Waals surface area contributed by atoms with Crippen LogP contribution in [0.25, 0.3) is 0 Å². The number of carboxylic acid groups (broad SMARTS) is 1. The first-order valence-electron chi connectivity index (χ1n) is 8.13. The molecule has 1 aromatic heterocycles. The number of anilines is 1. The minimum atomic E-state index is -4.79. The Kier molecular flexibility index (Phi) is 5.72. The molecule has 1 aromatic carbocycles. The van der Waals surface area contributed by atoms with Crippen LogP contribution in [0.1, 0.15) is 12.0 Å². The lowest BCUT2D eigenvalue weighted by atomic mass is 10.2. The molecular weight excluding hydrogens is 456 g/mol. The second-order valence-corrected chi connectivity index (χ2v) is 9.40. The van der Waals surface area contributed by atoms with Crippen LogP contribution in [0.2, 0.25) is 10.0 Å². The third-order valence-electron chi connectivity index (χ3n) is 4.55. The summed E-state index contributed by atoms with van der Waals surface area (Å²) >= 11 is 11.7. The highest BCUT2D eigenvalue weighted by atomic mass is 35.5. The van der Waals surface area contributed by atoms with E-state index < -0.39 is 57.6 Å². The van der Waals surface area contributed by atoms with Crippen molar-refractivity contribution in [1.82, 2.24) is 4.98 Å². The smallest absolute Gasteiger partial charge is 0.419 e. The van der Waals surface area contributed by atoms with E-state index in [4.69, 9.17) is 23.2 Å². The van der Waals surface area contributed by atoms with Gasteiger partial charge in [0.15, 0.2) is 9.84 Å². The first kappa shape index (κ1) is 21.7. The molecule has 2 heterocycles. The molecular formula is C17H13Cl2F3N2O4S. The molecule has 3 rings (SSSR count). The minimum absolute atomic E-state index is 0.156. The molecule has 0 amide bonds. The summed E-state index contributed by atoms with van der Waals surface area (Å²) in [6.45, 7) is -0.488. The summed E-state index contributed by atoms with van der Waals surface area (Å²) in [5.74, 6) is -2.09. The van der Waals surface area contributed by atoms with Gasteiger partial charge in [-0.05, 0) is 36.8 Å². The number of aromatic nitrogens is 1. The van der Waals surface area contributed by atoms with E-state index in [0.29, 0.717) is 0 Å². The zero-order valence-corrected chi connectivity index (χ0v) is 16.7. The Morgan fingerprint density at radius 3 is 2.52 bits per heavy atom. The average Bonchev–Trinajstić information content (AvgIpc) is 3.07. The highest BCUT2D eigenvalue weighted by Gasteiger charge is 2.47. The Morgan fingerprint density at radius 1 is 1.24 bits per heavy atom. The third-order valence-corrected chi connectivity index (χ3v) is 7.40. The monoisotopic (exact) mass is 468 g/mol. The van der Waals surface area contributed by atoms with Crippen LogP contribution in [0, 0.1) is 0 Å². The maximum absolute atomic E-state index is 13.4. The van der Waals surface area contributed by atoms with Crippen molar-refractivity contribution in [3.63, 3.8) is 0 Å². The summed E-state index contributed by atoms with van der Waals surface area (Å²) in [5.41, 5.74) is -1.14. The first-order chi connectivity index (χ1) is 13.4. The van der Waals surface area contributed by atoms with Gasteiger partial charge in [0, 0.05) is 17.8 Å². The van der Waals surface area contributed by atoms with E-state index in [2.05, 4.69) is 4.98 Å². The summed E-state index contributed by atoms with van der Waals surface area (Å²) in [7, 11) is -4.15. The maximum atomic E-state index is 13.4. The molecule has 156 valence electrons. The van der Waals surface area contributed by atoms with Crippen LogP contribution in [0.5, 0.6) is 0 Å². The van der Waals surface area contributed by atoms with Crippen LogP contribution in [0.15, 0.2) is 41.4 Å². The second-order valence-electron chi connectivity index (χ2n) is 6.36. The molecule has 0 unspecified atom stereocenters. The van der Waals surface area contributed by atoms with Gasteiger partial charge in [-0.15, -0.1) is 0 Å². The van der Waals surface area contributed by atoms with Crippen molar-refractivity contribution >= 4 is 44.8 Å².